The van der Waals surface area contributed by atoms with Crippen molar-refractivity contribution in [3.8, 4) is 0 Å². The summed E-state index contributed by atoms with van der Waals surface area (Å²) in [5, 5.41) is 22.3. The summed E-state index contributed by atoms with van der Waals surface area (Å²) < 4.78 is 22.5. The molecule has 1 aromatic rings. The maximum Gasteiger partial charge on any atom is 0.304 e. The zero-order valence-corrected chi connectivity index (χ0v) is 10.7. The Morgan fingerprint density at radius 1 is 1.59 bits per heavy atom. The van der Waals surface area contributed by atoms with Crippen LogP contribution in [0.3, 0.4) is 0 Å². The summed E-state index contributed by atoms with van der Waals surface area (Å²) in [5.74, 6) is 0. The largest absolute Gasteiger partial charge is 0.396 e. The molecule has 7 nitrogen and oxygen atoms in total. The molecule has 1 rings (SSSR count). The summed E-state index contributed by atoms with van der Waals surface area (Å²) in [5.41, 5.74) is -0.256. The van der Waals surface area contributed by atoms with Crippen molar-refractivity contribution in [2.75, 3.05) is 24.7 Å². The fraction of sp³-hybridized carbons (Fsp3) is 0.500. The van der Waals surface area contributed by atoms with Crippen molar-refractivity contribution in [3.63, 3.8) is 0 Å². The Hall–Kier alpha value is -1.19. The summed E-state index contributed by atoms with van der Waals surface area (Å²) in [6.07, 6.45) is 1.43. The van der Waals surface area contributed by atoms with Crippen LogP contribution in [0.15, 0.2) is 10.3 Å². The maximum atomic E-state index is 11.3. The number of nitrogens with one attached hydrogen (secondary N) is 1. The standard InChI is InChI=1S/C8H12N2O5S2/c1-17(14,15)7-5-6(10(12)13)8(16-7)9-3-2-4-11/h5,9,11H,2-4H2,1H3. The summed E-state index contributed by atoms with van der Waals surface area (Å²) in [7, 11) is -3.44. The zero-order valence-electron chi connectivity index (χ0n) is 9.04. The molecule has 1 aromatic heterocycles. The van der Waals surface area contributed by atoms with Crippen LogP contribution in [0.4, 0.5) is 10.7 Å². The van der Waals surface area contributed by atoms with Crippen LogP contribution < -0.4 is 5.32 Å². The fourth-order valence-corrected chi connectivity index (χ4v) is 3.05. The molecule has 17 heavy (non-hydrogen) atoms. The second kappa shape index (κ2) is 5.43. The van der Waals surface area contributed by atoms with Crippen molar-refractivity contribution in [2.45, 2.75) is 10.6 Å². The smallest absolute Gasteiger partial charge is 0.304 e. The van der Waals surface area contributed by atoms with Crippen molar-refractivity contribution in [3.05, 3.63) is 16.2 Å². The lowest BCUT2D eigenvalue weighted by molar-refractivity contribution is -0.383. The highest BCUT2D eigenvalue weighted by Crippen LogP contribution is 2.36. The first kappa shape index (κ1) is 13.9. The highest BCUT2D eigenvalue weighted by molar-refractivity contribution is 7.92. The van der Waals surface area contributed by atoms with Gasteiger partial charge in [0.1, 0.15) is 4.21 Å². The molecule has 0 bridgehead atoms. The normalized spacial score (nSPS) is 11.4. The molecular weight excluding hydrogens is 268 g/mol. The van der Waals surface area contributed by atoms with Gasteiger partial charge < -0.3 is 10.4 Å². The molecule has 0 aromatic carbocycles. The second-order valence-electron chi connectivity index (χ2n) is 3.31. The van der Waals surface area contributed by atoms with E-state index in [0.717, 1.165) is 23.7 Å². The molecule has 1 heterocycles. The Morgan fingerprint density at radius 3 is 2.71 bits per heavy atom. The van der Waals surface area contributed by atoms with Crippen molar-refractivity contribution >= 4 is 31.9 Å². The first-order chi connectivity index (χ1) is 7.86. The molecule has 0 aliphatic rings. The number of aliphatic hydroxyl groups excluding tert-OH is 1. The highest BCUT2D eigenvalue weighted by Gasteiger charge is 2.23. The van der Waals surface area contributed by atoms with E-state index in [1.54, 1.807) is 0 Å². The minimum atomic E-state index is -3.44. The topological polar surface area (TPSA) is 110 Å². The molecule has 0 unspecified atom stereocenters. The van der Waals surface area contributed by atoms with Gasteiger partial charge in [-0.3, -0.25) is 10.1 Å². The van der Waals surface area contributed by atoms with Crippen molar-refractivity contribution in [1.82, 2.24) is 0 Å². The first-order valence-corrected chi connectivity index (χ1v) is 7.40. The quantitative estimate of drug-likeness (QED) is 0.454. The van der Waals surface area contributed by atoms with E-state index in [2.05, 4.69) is 5.32 Å². The van der Waals surface area contributed by atoms with Gasteiger partial charge in [-0.25, -0.2) is 8.42 Å². The van der Waals surface area contributed by atoms with Gasteiger partial charge in [-0.15, -0.1) is 0 Å². The van der Waals surface area contributed by atoms with Gasteiger partial charge in [0.05, 0.1) is 4.92 Å². The van der Waals surface area contributed by atoms with Gasteiger partial charge in [0.15, 0.2) is 14.8 Å². The van der Waals surface area contributed by atoms with Crippen LogP contribution in [0, 0.1) is 10.1 Å². The Morgan fingerprint density at radius 2 is 2.24 bits per heavy atom. The number of nitrogens with zero attached hydrogens (tertiary/aromatic N) is 1. The molecule has 0 radical (unpaired) electrons. The minimum absolute atomic E-state index is 0.0366. The van der Waals surface area contributed by atoms with Gasteiger partial charge in [0.25, 0.3) is 0 Å². The molecule has 0 amide bonds. The van der Waals surface area contributed by atoms with Crippen LogP contribution in [0.5, 0.6) is 0 Å². The summed E-state index contributed by atoms with van der Waals surface area (Å²) in [6.45, 7) is 0.312. The lowest BCUT2D eigenvalue weighted by Crippen LogP contribution is -2.03. The predicted molar refractivity (Wildman–Crippen MR) is 64.3 cm³/mol. The van der Waals surface area contributed by atoms with E-state index >= 15 is 0 Å². The van der Waals surface area contributed by atoms with Crippen LogP contribution >= 0.6 is 11.3 Å². The van der Waals surface area contributed by atoms with Crippen molar-refractivity contribution in [1.29, 1.82) is 0 Å². The van der Waals surface area contributed by atoms with E-state index in [4.69, 9.17) is 5.11 Å². The number of rotatable bonds is 6. The average molecular weight is 280 g/mol. The Balaban J connectivity index is 3.02. The van der Waals surface area contributed by atoms with E-state index < -0.39 is 14.8 Å². The third-order valence-electron chi connectivity index (χ3n) is 1.87. The van der Waals surface area contributed by atoms with E-state index in [9.17, 15) is 18.5 Å². The number of anilines is 1. The number of thiophene rings is 1. The molecule has 96 valence electrons. The Kier molecular flexibility index (Phi) is 4.43. The van der Waals surface area contributed by atoms with E-state index in [1.807, 2.05) is 0 Å². The molecule has 0 atom stereocenters. The van der Waals surface area contributed by atoms with Gasteiger partial charge in [-0.05, 0) is 6.42 Å². The van der Waals surface area contributed by atoms with Gasteiger partial charge in [0, 0.05) is 25.5 Å². The number of hydrogen-bond donors (Lipinski definition) is 2. The Labute approximate surface area is 102 Å². The fourth-order valence-electron chi connectivity index (χ4n) is 1.09. The minimum Gasteiger partial charge on any atom is -0.396 e. The van der Waals surface area contributed by atoms with Gasteiger partial charge in [0.2, 0.25) is 0 Å². The van der Waals surface area contributed by atoms with Crippen LogP contribution in [-0.4, -0.2) is 37.9 Å². The second-order valence-corrected chi connectivity index (χ2v) is 6.61. The highest BCUT2D eigenvalue weighted by atomic mass is 32.2. The van der Waals surface area contributed by atoms with Crippen LogP contribution in [0.25, 0.3) is 0 Å². The molecule has 0 spiro atoms. The summed E-state index contributed by atoms with van der Waals surface area (Å²) in [4.78, 5) is 10.1. The lowest BCUT2D eigenvalue weighted by Gasteiger charge is -2.00. The Bertz CT molecular complexity index is 508. The number of aliphatic hydroxyl groups is 1. The molecule has 0 saturated carbocycles. The molecule has 2 N–H and O–H groups in total. The SMILES string of the molecule is CS(=O)(=O)c1cc([N+](=O)[O-])c(NCCCO)s1. The van der Waals surface area contributed by atoms with Crippen molar-refractivity contribution in [2.24, 2.45) is 0 Å². The van der Waals surface area contributed by atoms with E-state index in [0.29, 0.717) is 13.0 Å². The summed E-state index contributed by atoms with van der Waals surface area (Å²) in [6, 6.07) is 1.04. The average Bonchev–Trinajstić information content (AvgIpc) is 2.61. The maximum absolute atomic E-state index is 11.3. The number of hydrogen-bond acceptors (Lipinski definition) is 7. The van der Waals surface area contributed by atoms with Gasteiger partial charge in [-0.2, -0.15) is 0 Å². The van der Waals surface area contributed by atoms with E-state index in [1.165, 1.54) is 0 Å². The van der Waals surface area contributed by atoms with Crippen molar-refractivity contribution < 1.29 is 18.4 Å². The number of sulfone groups is 1. The van der Waals surface area contributed by atoms with Crippen LogP contribution in [0.1, 0.15) is 6.42 Å². The molecular formula is C8H12N2O5S2. The molecule has 0 aliphatic heterocycles. The molecule has 9 heteroatoms. The number of nitro groups is 1. The van der Waals surface area contributed by atoms with E-state index in [-0.39, 0.29) is 21.5 Å². The molecule has 0 fully saturated rings. The van der Waals surface area contributed by atoms with Gasteiger partial charge >= 0.3 is 5.69 Å². The zero-order chi connectivity index (χ0) is 13.1. The monoisotopic (exact) mass is 280 g/mol. The first-order valence-electron chi connectivity index (χ1n) is 4.69. The van der Waals surface area contributed by atoms with Gasteiger partial charge in [-0.1, -0.05) is 11.3 Å². The molecule has 0 saturated heterocycles. The third-order valence-corrected chi connectivity index (χ3v) is 4.76. The summed E-state index contributed by atoms with van der Waals surface area (Å²) >= 11 is 0.823. The third kappa shape index (κ3) is 3.65. The predicted octanol–water partition coefficient (Wildman–Crippen LogP) is 0.854. The van der Waals surface area contributed by atoms with Crippen LogP contribution in [0.2, 0.25) is 0 Å². The molecule has 0 aliphatic carbocycles. The van der Waals surface area contributed by atoms with Crippen LogP contribution in [-0.2, 0) is 9.84 Å². The lowest BCUT2D eigenvalue weighted by atomic mass is 10.4.